The molecule has 0 amide bonds. The van der Waals surface area contributed by atoms with Gasteiger partial charge in [-0.25, -0.2) is 5.48 Å². The van der Waals surface area contributed by atoms with Crippen LogP contribution < -0.4 is 10.8 Å². The number of rotatable bonds is 4. The highest BCUT2D eigenvalue weighted by atomic mass is 16.6. The van der Waals surface area contributed by atoms with Crippen molar-refractivity contribution >= 4 is 0 Å². The van der Waals surface area contributed by atoms with E-state index in [0.29, 0.717) is 0 Å². The summed E-state index contributed by atoms with van der Waals surface area (Å²) in [6, 6.07) is 0. The second kappa shape index (κ2) is 4.66. The first-order valence-electron chi connectivity index (χ1n) is 3.57. The summed E-state index contributed by atoms with van der Waals surface area (Å²) in [6.45, 7) is 8.19. The third-order valence-electron chi connectivity index (χ3n) is 1.03. The van der Waals surface area contributed by atoms with Crippen LogP contribution in [0.25, 0.3) is 0 Å². The maximum absolute atomic E-state index is 4.67. The minimum absolute atomic E-state index is 0.204. The van der Waals surface area contributed by atoms with E-state index in [9.17, 15) is 0 Å². The van der Waals surface area contributed by atoms with E-state index in [2.05, 4.69) is 36.4 Å². The lowest BCUT2D eigenvalue weighted by atomic mass is 10.1. The molecule has 0 aliphatic carbocycles. The van der Waals surface area contributed by atoms with Gasteiger partial charge in [0.2, 0.25) is 0 Å². The van der Waals surface area contributed by atoms with Crippen LogP contribution in [0.3, 0.4) is 0 Å². The molecule has 3 nitrogen and oxygen atoms in total. The molecule has 0 unspecified atom stereocenters. The lowest BCUT2D eigenvalue weighted by Crippen LogP contribution is -2.39. The molecule has 10 heavy (non-hydrogen) atoms. The summed E-state index contributed by atoms with van der Waals surface area (Å²) in [7, 11) is 1.62. The molecule has 2 N–H and O–H groups in total. The van der Waals surface area contributed by atoms with E-state index in [-0.39, 0.29) is 5.54 Å². The summed E-state index contributed by atoms with van der Waals surface area (Å²) < 4.78 is 0. The van der Waals surface area contributed by atoms with Crippen LogP contribution in [0.15, 0.2) is 0 Å². The zero-order chi connectivity index (χ0) is 8.04. The van der Waals surface area contributed by atoms with Crippen molar-refractivity contribution in [1.82, 2.24) is 10.8 Å². The number of hydrogen-bond acceptors (Lipinski definition) is 3. The molecule has 0 aromatic heterocycles. The Morgan fingerprint density at radius 3 is 2.20 bits per heavy atom. The van der Waals surface area contributed by atoms with E-state index >= 15 is 0 Å². The molecule has 0 aromatic rings. The Bertz CT molecular complexity index is 78.2. The van der Waals surface area contributed by atoms with Crippen LogP contribution in [0.1, 0.15) is 20.8 Å². The zero-order valence-corrected chi connectivity index (χ0v) is 7.32. The molecule has 0 aliphatic rings. The maximum atomic E-state index is 4.67. The summed E-state index contributed by atoms with van der Waals surface area (Å²) >= 11 is 0. The van der Waals surface area contributed by atoms with Gasteiger partial charge in [0.1, 0.15) is 0 Å². The fourth-order valence-corrected chi connectivity index (χ4v) is 0.591. The van der Waals surface area contributed by atoms with Gasteiger partial charge in [-0.05, 0) is 20.8 Å². The molecule has 0 saturated heterocycles. The highest BCUT2D eigenvalue weighted by Gasteiger charge is 2.06. The van der Waals surface area contributed by atoms with Crippen molar-refractivity contribution in [1.29, 1.82) is 0 Å². The smallest absolute Gasteiger partial charge is 0.0572 e. The number of hydroxylamine groups is 1. The Hall–Kier alpha value is -0.120. The minimum Gasteiger partial charge on any atom is -0.311 e. The van der Waals surface area contributed by atoms with Gasteiger partial charge in [0.05, 0.1) is 7.11 Å². The van der Waals surface area contributed by atoms with Crippen molar-refractivity contribution in [3.8, 4) is 0 Å². The van der Waals surface area contributed by atoms with Gasteiger partial charge in [0.25, 0.3) is 0 Å². The summed E-state index contributed by atoms with van der Waals surface area (Å²) in [5, 5.41) is 3.31. The summed E-state index contributed by atoms with van der Waals surface area (Å²) in [4.78, 5) is 4.67. The standard InChI is InChI=1S/C7H18N2O/c1-7(2,3)8-5-6-9-10-4/h8-9H,5-6H2,1-4H3. The van der Waals surface area contributed by atoms with Gasteiger partial charge in [0, 0.05) is 18.6 Å². The SMILES string of the molecule is CONCCNC(C)(C)C. The molecule has 0 radical (unpaired) electrons. The number of hydrogen-bond donors (Lipinski definition) is 2. The molecule has 0 aromatic carbocycles. The van der Waals surface area contributed by atoms with Crippen molar-refractivity contribution in [3.05, 3.63) is 0 Å². The zero-order valence-electron chi connectivity index (χ0n) is 7.32. The first kappa shape index (κ1) is 9.88. The predicted molar refractivity (Wildman–Crippen MR) is 42.8 cm³/mol. The molecule has 0 heterocycles. The Balaban J connectivity index is 3.04. The van der Waals surface area contributed by atoms with Crippen LogP contribution in [0, 0.1) is 0 Å². The summed E-state index contributed by atoms with van der Waals surface area (Å²) in [5.74, 6) is 0. The minimum atomic E-state index is 0.204. The lowest BCUT2D eigenvalue weighted by molar-refractivity contribution is 0.0912. The predicted octanol–water partition coefficient (Wildman–Crippen LogP) is 0.525. The van der Waals surface area contributed by atoms with E-state index in [1.54, 1.807) is 7.11 Å². The van der Waals surface area contributed by atoms with Crippen molar-refractivity contribution in [2.75, 3.05) is 20.2 Å². The molecule has 0 aliphatic heterocycles. The highest BCUT2D eigenvalue weighted by Crippen LogP contribution is 1.95. The van der Waals surface area contributed by atoms with Crippen molar-refractivity contribution in [2.45, 2.75) is 26.3 Å². The van der Waals surface area contributed by atoms with Gasteiger partial charge in [-0.1, -0.05) is 0 Å². The van der Waals surface area contributed by atoms with Crippen LogP contribution >= 0.6 is 0 Å². The maximum Gasteiger partial charge on any atom is 0.0572 e. The Morgan fingerprint density at radius 2 is 1.80 bits per heavy atom. The summed E-state index contributed by atoms with van der Waals surface area (Å²) in [6.07, 6.45) is 0. The molecule has 0 rings (SSSR count). The van der Waals surface area contributed by atoms with E-state index < -0.39 is 0 Å². The Labute approximate surface area is 63.1 Å². The monoisotopic (exact) mass is 146 g/mol. The van der Waals surface area contributed by atoms with E-state index in [1.807, 2.05) is 0 Å². The largest absolute Gasteiger partial charge is 0.311 e. The van der Waals surface area contributed by atoms with E-state index in [1.165, 1.54) is 0 Å². The van der Waals surface area contributed by atoms with Gasteiger partial charge >= 0.3 is 0 Å². The van der Waals surface area contributed by atoms with Crippen LogP contribution in [0.5, 0.6) is 0 Å². The topological polar surface area (TPSA) is 33.3 Å². The quantitative estimate of drug-likeness (QED) is 0.448. The second-order valence-corrected chi connectivity index (χ2v) is 3.28. The Kier molecular flexibility index (Phi) is 4.60. The van der Waals surface area contributed by atoms with Crippen molar-refractivity contribution < 1.29 is 4.84 Å². The molecule has 0 saturated carbocycles. The molecule has 0 bridgehead atoms. The third-order valence-corrected chi connectivity index (χ3v) is 1.03. The van der Waals surface area contributed by atoms with Crippen molar-refractivity contribution in [3.63, 3.8) is 0 Å². The van der Waals surface area contributed by atoms with Gasteiger partial charge in [0.15, 0.2) is 0 Å². The van der Waals surface area contributed by atoms with Crippen LogP contribution in [-0.4, -0.2) is 25.7 Å². The molecule has 3 heteroatoms. The van der Waals surface area contributed by atoms with Crippen LogP contribution in [-0.2, 0) is 4.84 Å². The van der Waals surface area contributed by atoms with Crippen molar-refractivity contribution in [2.24, 2.45) is 0 Å². The highest BCUT2D eigenvalue weighted by molar-refractivity contribution is 4.69. The fourth-order valence-electron chi connectivity index (χ4n) is 0.591. The second-order valence-electron chi connectivity index (χ2n) is 3.28. The third kappa shape index (κ3) is 7.88. The average Bonchev–Trinajstić information content (AvgIpc) is 1.78. The molecule has 62 valence electrons. The van der Waals surface area contributed by atoms with Gasteiger partial charge in [-0.15, -0.1) is 0 Å². The fraction of sp³-hybridized carbons (Fsp3) is 1.00. The van der Waals surface area contributed by atoms with Gasteiger partial charge in [-0.3, -0.25) is 0 Å². The van der Waals surface area contributed by atoms with E-state index in [4.69, 9.17) is 0 Å². The van der Waals surface area contributed by atoms with Gasteiger partial charge in [-0.2, -0.15) is 0 Å². The normalized spacial score (nSPS) is 12.0. The average molecular weight is 146 g/mol. The summed E-state index contributed by atoms with van der Waals surface area (Å²) in [5.41, 5.74) is 2.96. The molecular formula is C7H18N2O. The lowest BCUT2D eigenvalue weighted by Gasteiger charge is -2.20. The molecule has 0 atom stereocenters. The van der Waals surface area contributed by atoms with Crippen LogP contribution in [0.2, 0.25) is 0 Å². The molecule has 0 spiro atoms. The molecule has 0 fully saturated rings. The molecular weight excluding hydrogens is 128 g/mol. The van der Waals surface area contributed by atoms with E-state index in [0.717, 1.165) is 13.1 Å². The first-order valence-corrected chi connectivity index (χ1v) is 3.57. The first-order chi connectivity index (χ1) is 4.56. The number of nitrogens with one attached hydrogen (secondary N) is 2. The van der Waals surface area contributed by atoms with Gasteiger partial charge < -0.3 is 10.2 Å². The Morgan fingerprint density at radius 1 is 1.20 bits per heavy atom. The van der Waals surface area contributed by atoms with Crippen LogP contribution in [0.4, 0.5) is 0 Å².